The number of hydrogen-bond donors (Lipinski definition) is 0. The lowest BCUT2D eigenvalue weighted by molar-refractivity contribution is 0.794. The molecule has 4 nitrogen and oxygen atoms in total. The standard InChI is InChI=1S/C20H12ClN3O/c21-13-9-11-14(12-10-13)23-18-8-4-2-6-16(18)19-22-17-7-3-1-5-15(17)20(25)24(19)23/h1-12H. The summed E-state index contributed by atoms with van der Waals surface area (Å²) in [5.41, 5.74) is 3.03. The number of aromatic nitrogens is 3. The molecule has 0 fully saturated rings. The summed E-state index contributed by atoms with van der Waals surface area (Å²) in [4.78, 5) is 17.9. The Bertz CT molecular complexity index is 1320. The monoisotopic (exact) mass is 345 g/mol. The predicted molar refractivity (Wildman–Crippen MR) is 101 cm³/mol. The van der Waals surface area contributed by atoms with Crippen molar-refractivity contribution >= 4 is 39.1 Å². The van der Waals surface area contributed by atoms with Gasteiger partial charge in [0.15, 0.2) is 5.65 Å². The number of hydrogen-bond acceptors (Lipinski definition) is 2. The predicted octanol–water partition coefficient (Wildman–Crippen LogP) is 4.45. The van der Waals surface area contributed by atoms with E-state index < -0.39 is 0 Å². The number of rotatable bonds is 1. The molecular formula is C20H12ClN3O. The second-order valence-corrected chi connectivity index (χ2v) is 6.31. The summed E-state index contributed by atoms with van der Waals surface area (Å²) >= 11 is 6.03. The molecule has 0 saturated heterocycles. The highest BCUT2D eigenvalue weighted by atomic mass is 35.5. The molecule has 25 heavy (non-hydrogen) atoms. The van der Waals surface area contributed by atoms with Crippen molar-refractivity contribution in [3.8, 4) is 5.69 Å². The molecule has 3 aromatic carbocycles. The highest BCUT2D eigenvalue weighted by Gasteiger charge is 2.16. The Labute approximate surface area is 147 Å². The molecule has 0 aliphatic carbocycles. The van der Waals surface area contributed by atoms with Gasteiger partial charge in [-0.25, -0.2) is 9.67 Å². The summed E-state index contributed by atoms with van der Waals surface area (Å²) in [6, 6.07) is 22.7. The van der Waals surface area contributed by atoms with Gasteiger partial charge in [-0.1, -0.05) is 35.9 Å². The van der Waals surface area contributed by atoms with Crippen LogP contribution in [0.5, 0.6) is 0 Å². The van der Waals surface area contributed by atoms with Gasteiger partial charge < -0.3 is 0 Å². The van der Waals surface area contributed by atoms with Crippen molar-refractivity contribution in [2.45, 2.75) is 0 Å². The quantitative estimate of drug-likeness (QED) is 0.450. The van der Waals surface area contributed by atoms with Crippen LogP contribution in [0, 0.1) is 0 Å². The van der Waals surface area contributed by atoms with E-state index in [4.69, 9.17) is 16.6 Å². The van der Waals surface area contributed by atoms with E-state index in [-0.39, 0.29) is 5.56 Å². The zero-order valence-corrected chi connectivity index (χ0v) is 13.8. The van der Waals surface area contributed by atoms with E-state index in [0.717, 1.165) is 16.6 Å². The largest absolute Gasteiger partial charge is 0.281 e. The minimum atomic E-state index is -0.0910. The van der Waals surface area contributed by atoms with Crippen LogP contribution in [-0.2, 0) is 0 Å². The molecule has 0 bridgehead atoms. The van der Waals surface area contributed by atoms with Crippen LogP contribution >= 0.6 is 11.6 Å². The number of fused-ring (bicyclic) bond motifs is 4. The highest BCUT2D eigenvalue weighted by molar-refractivity contribution is 6.30. The molecule has 0 aliphatic heterocycles. The molecule has 5 rings (SSSR count). The Balaban J connectivity index is 2.06. The summed E-state index contributed by atoms with van der Waals surface area (Å²) < 4.78 is 3.53. The van der Waals surface area contributed by atoms with Gasteiger partial charge in [0.2, 0.25) is 0 Å². The molecule has 0 N–H and O–H groups in total. The van der Waals surface area contributed by atoms with Crippen LogP contribution in [0.3, 0.4) is 0 Å². The van der Waals surface area contributed by atoms with Crippen molar-refractivity contribution in [3.63, 3.8) is 0 Å². The first-order valence-electron chi connectivity index (χ1n) is 7.91. The van der Waals surface area contributed by atoms with Crippen LogP contribution < -0.4 is 5.56 Å². The fraction of sp³-hybridized carbons (Fsp3) is 0. The van der Waals surface area contributed by atoms with Gasteiger partial charge in [0, 0.05) is 10.4 Å². The van der Waals surface area contributed by atoms with Gasteiger partial charge >= 0.3 is 0 Å². The maximum absolute atomic E-state index is 13.2. The van der Waals surface area contributed by atoms with Crippen LogP contribution in [-0.4, -0.2) is 14.2 Å². The van der Waals surface area contributed by atoms with Gasteiger partial charge in [-0.3, -0.25) is 4.79 Å². The average molecular weight is 346 g/mol. The van der Waals surface area contributed by atoms with Gasteiger partial charge in [0.25, 0.3) is 5.56 Å². The first-order chi connectivity index (χ1) is 12.2. The fourth-order valence-corrected chi connectivity index (χ4v) is 3.40. The normalized spacial score (nSPS) is 11.6. The molecule has 5 heteroatoms. The van der Waals surface area contributed by atoms with Crippen molar-refractivity contribution in [3.05, 3.63) is 88.2 Å². The molecule has 0 saturated carbocycles. The molecular weight excluding hydrogens is 334 g/mol. The number of benzene rings is 3. The summed E-state index contributed by atoms with van der Waals surface area (Å²) in [7, 11) is 0. The van der Waals surface area contributed by atoms with Gasteiger partial charge in [0.1, 0.15) is 0 Å². The number of para-hydroxylation sites is 2. The molecule has 5 aromatic rings. The first kappa shape index (κ1) is 14.3. The third-order valence-corrected chi connectivity index (χ3v) is 4.65. The van der Waals surface area contributed by atoms with E-state index >= 15 is 0 Å². The van der Waals surface area contributed by atoms with Crippen LogP contribution in [0.25, 0.3) is 33.1 Å². The maximum atomic E-state index is 13.2. The average Bonchev–Trinajstić information content (AvgIpc) is 2.98. The summed E-state index contributed by atoms with van der Waals surface area (Å²) in [6.07, 6.45) is 0. The van der Waals surface area contributed by atoms with E-state index in [1.807, 2.05) is 71.4 Å². The Morgan fingerprint density at radius 2 is 1.48 bits per heavy atom. The fourth-order valence-electron chi connectivity index (χ4n) is 3.28. The topological polar surface area (TPSA) is 39.3 Å². The molecule has 0 spiro atoms. The Hall–Kier alpha value is -3.11. The van der Waals surface area contributed by atoms with Crippen LogP contribution in [0.1, 0.15) is 0 Å². The van der Waals surface area contributed by atoms with Crippen molar-refractivity contribution in [1.29, 1.82) is 0 Å². The Morgan fingerprint density at radius 3 is 2.28 bits per heavy atom. The number of nitrogens with zero attached hydrogens (tertiary/aromatic N) is 3. The van der Waals surface area contributed by atoms with Gasteiger partial charge in [-0.2, -0.15) is 4.52 Å². The van der Waals surface area contributed by atoms with Gasteiger partial charge in [0.05, 0.1) is 22.1 Å². The molecule has 120 valence electrons. The van der Waals surface area contributed by atoms with E-state index in [2.05, 4.69) is 0 Å². The maximum Gasteiger partial charge on any atom is 0.281 e. The Morgan fingerprint density at radius 1 is 0.800 bits per heavy atom. The van der Waals surface area contributed by atoms with Crippen LogP contribution in [0.4, 0.5) is 0 Å². The van der Waals surface area contributed by atoms with Crippen LogP contribution in [0.15, 0.2) is 77.6 Å². The van der Waals surface area contributed by atoms with Gasteiger partial charge in [-0.05, 0) is 48.5 Å². The van der Waals surface area contributed by atoms with Crippen LogP contribution in [0.2, 0.25) is 5.02 Å². The van der Waals surface area contributed by atoms with E-state index in [0.29, 0.717) is 21.6 Å². The highest BCUT2D eigenvalue weighted by Crippen LogP contribution is 2.25. The lowest BCUT2D eigenvalue weighted by atomic mass is 10.2. The minimum absolute atomic E-state index is 0.0910. The minimum Gasteiger partial charge on any atom is -0.267 e. The van der Waals surface area contributed by atoms with Crippen molar-refractivity contribution < 1.29 is 0 Å². The van der Waals surface area contributed by atoms with E-state index in [1.165, 1.54) is 0 Å². The lowest BCUT2D eigenvalue weighted by Gasteiger charge is -2.08. The van der Waals surface area contributed by atoms with Gasteiger partial charge in [-0.15, -0.1) is 0 Å². The smallest absolute Gasteiger partial charge is 0.267 e. The van der Waals surface area contributed by atoms with E-state index in [9.17, 15) is 4.79 Å². The molecule has 0 atom stereocenters. The summed E-state index contributed by atoms with van der Waals surface area (Å²) in [5, 5.41) is 2.18. The first-order valence-corrected chi connectivity index (χ1v) is 8.29. The molecule has 0 radical (unpaired) electrons. The van der Waals surface area contributed by atoms with Crippen molar-refractivity contribution in [2.75, 3.05) is 0 Å². The molecule has 0 amide bonds. The second-order valence-electron chi connectivity index (χ2n) is 5.87. The zero-order chi connectivity index (χ0) is 17.0. The SMILES string of the molecule is O=c1c2ccccc2nc2c3ccccc3n(-c3ccc(Cl)cc3)n12. The summed E-state index contributed by atoms with van der Waals surface area (Å²) in [5.74, 6) is 0. The second kappa shape index (κ2) is 5.19. The number of halogens is 1. The molecule has 2 heterocycles. The zero-order valence-electron chi connectivity index (χ0n) is 13.1. The molecule has 2 aromatic heterocycles. The van der Waals surface area contributed by atoms with E-state index in [1.54, 1.807) is 10.6 Å². The van der Waals surface area contributed by atoms with Crippen molar-refractivity contribution in [1.82, 2.24) is 14.2 Å². The summed E-state index contributed by atoms with van der Waals surface area (Å²) in [6.45, 7) is 0. The third kappa shape index (κ3) is 2.01. The molecule has 0 aliphatic rings. The molecule has 0 unspecified atom stereocenters. The van der Waals surface area contributed by atoms with Crippen molar-refractivity contribution in [2.24, 2.45) is 0 Å². The Kier molecular flexibility index (Phi) is 2.96. The third-order valence-electron chi connectivity index (χ3n) is 4.40. The lowest BCUT2D eigenvalue weighted by Crippen LogP contribution is -2.20.